The van der Waals surface area contributed by atoms with Crippen LogP contribution in [0.5, 0.6) is 11.5 Å². The predicted molar refractivity (Wildman–Crippen MR) is 106 cm³/mol. The Morgan fingerprint density at radius 1 is 1.21 bits per heavy atom. The van der Waals surface area contributed by atoms with Gasteiger partial charge in [-0.1, -0.05) is 12.1 Å². The molecule has 1 aromatic heterocycles. The lowest BCUT2D eigenvalue weighted by atomic mass is 10.1. The number of amides is 1. The standard InChI is InChI=1S/C21H23N3O4/c1-13-7-8-15-18(11-13)28-21(23-15)22-14-9-10-24(12-14)20(25)19-16(26-2)5-4-6-17(19)27-3/h4-8,11,14H,9-10,12H2,1-3H3,(H,22,23). The van der Waals surface area contributed by atoms with Crippen LogP contribution in [0.3, 0.4) is 0 Å². The number of methoxy groups -OCH3 is 2. The number of fused-ring (bicyclic) bond motifs is 1. The highest BCUT2D eigenvalue weighted by Crippen LogP contribution is 2.31. The van der Waals surface area contributed by atoms with Crippen molar-refractivity contribution < 1.29 is 18.7 Å². The smallest absolute Gasteiger partial charge is 0.295 e. The fourth-order valence-electron chi connectivity index (χ4n) is 3.55. The number of carbonyl (C=O) groups is 1. The number of rotatable bonds is 5. The number of hydrogen-bond acceptors (Lipinski definition) is 6. The molecule has 0 saturated carbocycles. The Bertz CT molecular complexity index is 992. The molecule has 2 aromatic carbocycles. The number of oxazole rings is 1. The fourth-order valence-corrected chi connectivity index (χ4v) is 3.55. The molecule has 2 heterocycles. The normalized spacial score (nSPS) is 16.4. The molecule has 1 amide bonds. The first-order valence-electron chi connectivity index (χ1n) is 9.23. The fraction of sp³-hybridized carbons (Fsp3) is 0.333. The third-order valence-corrected chi connectivity index (χ3v) is 4.99. The van der Waals surface area contributed by atoms with Crippen molar-refractivity contribution in [2.24, 2.45) is 0 Å². The van der Waals surface area contributed by atoms with Gasteiger partial charge in [0.05, 0.1) is 14.2 Å². The highest BCUT2D eigenvalue weighted by molar-refractivity contribution is 6.00. The summed E-state index contributed by atoms with van der Waals surface area (Å²) in [7, 11) is 3.10. The molecule has 1 aliphatic heterocycles. The molecule has 0 spiro atoms. The Hall–Kier alpha value is -3.22. The largest absolute Gasteiger partial charge is 0.496 e. The Kier molecular flexibility index (Phi) is 4.81. The number of aromatic nitrogens is 1. The van der Waals surface area contributed by atoms with Crippen molar-refractivity contribution >= 4 is 23.0 Å². The first-order chi connectivity index (χ1) is 13.6. The first-order valence-corrected chi connectivity index (χ1v) is 9.23. The summed E-state index contributed by atoms with van der Waals surface area (Å²) in [4.78, 5) is 19.4. The molecule has 1 unspecified atom stereocenters. The van der Waals surface area contributed by atoms with Crippen molar-refractivity contribution in [3.8, 4) is 11.5 Å². The van der Waals surface area contributed by atoms with Crippen LogP contribution in [0.15, 0.2) is 40.8 Å². The third-order valence-electron chi connectivity index (χ3n) is 4.99. The SMILES string of the molecule is COc1cccc(OC)c1C(=O)N1CCC(Nc2nc3ccc(C)cc3o2)C1. The minimum Gasteiger partial charge on any atom is -0.496 e. The molecular weight excluding hydrogens is 358 g/mol. The molecule has 28 heavy (non-hydrogen) atoms. The summed E-state index contributed by atoms with van der Waals surface area (Å²) >= 11 is 0. The van der Waals surface area contributed by atoms with Crippen molar-refractivity contribution in [2.75, 3.05) is 32.6 Å². The van der Waals surface area contributed by atoms with Crippen molar-refractivity contribution in [1.29, 1.82) is 0 Å². The maximum atomic E-state index is 13.1. The maximum absolute atomic E-state index is 13.1. The molecule has 1 atom stereocenters. The van der Waals surface area contributed by atoms with E-state index >= 15 is 0 Å². The van der Waals surface area contributed by atoms with E-state index in [9.17, 15) is 4.79 Å². The summed E-state index contributed by atoms with van der Waals surface area (Å²) in [6.45, 7) is 3.20. The molecule has 1 N–H and O–H groups in total. The van der Waals surface area contributed by atoms with Gasteiger partial charge in [-0.05, 0) is 43.2 Å². The molecule has 0 bridgehead atoms. The lowest BCUT2D eigenvalue weighted by Gasteiger charge is -2.20. The van der Waals surface area contributed by atoms with Crippen LogP contribution >= 0.6 is 0 Å². The van der Waals surface area contributed by atoms with Gasteiger partial charge in [0.1, 0.15) is 22.6 Å². The molecular formula is C21H23N3O4. The van der Waals surface area contributed by atoms with Crippen LogP contribution in [0.25, 0.3) is 11.1 Å². The zero-order valence-corrected chi connectivity index (χ0v) is 16.2. The number of carbonyl (C=O) groups excluding carboxylic acids is 1. The number of nitrogens with one attached hydrogen (secondary N) is 1. The van der Waals surface area contributed by atoms with Crippen LogP contribution in [0.4, 0.5) is 6.01 Å². The van der Waals surface area contributed by atoms with Crippen LogP contribution in [-0.4, -0.2) is 49.1 Å². The van der Waals surface area contributed by atoms with E-state index in [2.05, 4.69) is 10.3 Å². The van der Waals surface area contributed by atoms with E-state index in [-0.39, 0.29) is 11.9 Å². The highest BCUT2D eigenvalue weighted by Gasteiger charge is 2.31. The molecule has 4 rings (SSSR count). The van der Waals surface area contributed by atoms with Crippen LogP contribution in [0.2, 0.25) is 0 Å². The van der Waals surface area contributed by atoms with Gasteiger partial charge in [-0.15, -0.1) is 0 Å². The third kappa shape index (κ3) is 3.35. The Morgan fingerprint density at radius 3 is 2.68 bits per heavy atom. The Labute approximate surface area is 163 Å². The number of ether oxygens (including phenoxy) is 2. The monoisotopic (exact) mass is 381 g/mol. The summed E-state index contributed by atoms with van der Waals surface area (Å²) in [6, 6.07) is 11.8. The summed E-state index contributed by atoms with van der Waals surface area (Å²) < 4.78 is 16.5. The van der Waals surface area contributed by atoms with Crippen molar-refractivity contribution in [2.45, 2.75) is 19.4 Å². The molecule has 7 nitrogen and oxygen atoms in total. The van der Waals surface area contributed by atoms with E-state index in [4.69, 9.17) is 13.9 Å². The van der Waals surface area contributed by atoms with E-state index in [0.717, 1.165) is 23.1 Å². The van der Waals surface area contributed by atoms with Gasteiger partial charge in [0, 0.05) is 19.1 Å². The van der Waals surface area contributed by atoms with Gasteiger partial charge in [-0.2, -0.15) is 4.98 Å². The van der Waals surface area contributed by atoms with Crippen molar-refractivity contribution in [3.63, 3.8) is 0 Å². The number of benzene rings is 2. The second-order valence-corrected chi connectivity index (χ2v) is 6.91. The summed E-state index contributed by atoms with van der Waals surface area (Å²) in [5, 5.41) is 3.31. The van der Waals surface area contributed by atoms with Crippen molar-refractivity contribution in [3.05, 3.63) is 47.5 Å². The second-order valence-electron chi connectivity index (χ2n) is 6.91. The summed E-state index contributed by atoms with van der Waals surface area (Å²) in [5.41, 5.74) is 3.15. The van der Waals surface area contributed by atoms with E-state index in [1.54, 1.807) is 37.3 Å². The lowest BCUT2D eigenvalue weighted by Crippen LogP contribution is -2.32. The van der Waals surface area contributed by atoms with Gasteiger partial charge in [0.15, 0.2) is 5.58 Å². The zero-order chi connectivity index (χ0) is 19.7. The first kappa shape index (κ1) is 18.2. The zero-order valence-electron chi connectivity index (χ0n) is 16.2. The molecule has 3 aromatic rings. The quantitative estimate of drug-likeness (QED) is 0.729. The number of hydrogen-bond donors (Lipinski definition) is 1. The molecule has 1 saturated heterocycles. The summed E-state index contributed by atoms with van der Waals surface area (Å²) in [6.07, 6.45) is 0.807. The second kappa shape index (κ2) is 7.42. The van der Waals surface area contributed by atoms with E-state index in [0.29, 0.717) is 36.2 Å². The van der Waals surface area contributed by atoms with Gasteiger partial charge < -0.3 is 24.1 Å². The van der Waals surface area contributed by atoms with Crippen LogP contribution in [0, 0.1) is 6.92 Å². The highest BCUT2D eigenvalue weighted by atomic mass is 16.5. The maximum Gasteiger partial charge on any atom is 0.295 e. The number of nitrogens with zero attached hydrogens (tertiary/aromatic N) is 2. The molecule has 1 aliphatic rings. The number of anilines is 1. The van der Waals surface area contributed by atoms with Gasteiger partial charge >= 0.3 is 0 Å². The molecule has 146 valence electrons. The lowest BCUT2D eigenvalue weighted by molar-refractivity contribution is 0.0784. The average Bonchev–Trinajstić information content (AvgIpc) is 3.33. The average molecular weight is 381 g/mol. The molecule has 0 radical (unpaired) electrons. The molecule has 7 heteroatoms. The van der Waals surface area contributed by atoms with Gasteiger partial charge in [0.25, 0.3) is 11.9 Å². The van der Waals surface area contributed by atoms with Gasteiger partial charge in [-0.25, -0.2) is 0 Å². The Balaban J connectivity index is 1.48. The topological polar surface area (TPSA) is 76.8 Å². The van der Waals surface area contributed by atoms with E-state index in [1.807, 2.05) is 25.1 Å². The van der Waals surface area contributed by atoms with Crippen LogP contribution in [-0.2, 0) is 0 Å². The minimum atomic E-state index is -0.105. The van der Waals surface area contributed by atoms with Crippen LogP contribution in [0.1, 0.15) is 22.3 Å². The molecule has 0 aliphatic carbocycles. The van der Waals surface area contributed by atoms with Gasteiger partial charge in [0.2, 0.25) is 0 Å². The minimum absolute atomic E-state index is 0.0683. The number of aryl methyl sites for hydroxylation is 1. The van der Waals surface area contributed by atoms with Crippen molar-refractivity contribution in [1.82, 2.24) is 9.88 Å². The number of likely N-dealkylation sites (tertiary alicyclic amines) is 1. The van der Waals surface area contributed by atoms with Gasteiger partial charge in [-0.3, -0.25) is 4.79 Å². The Morgan fingerprint density at radius 2 is 1.96 bits per heavy atom. The van der Waals surface area contributed by atoms with E-state index in [1.165, 1.54) is 0 Å². The van der Waals surface area contributed by atoms with E-state index < -0.39 is 0 Å². The van der Waals surface area contributed by atoms with Crippen LogP contribution < -0.4 is 14.8 Å². The summed E-state index contributed by atoms with van der Waals surface area (Å²) in [5.74, 6) is 0.914. The predicted octanol–water partition coefficient (Wildman–Crippen LogP) is 3.48. The molecule has 1 fully saturated rings.